The van der Waals surface area contributed by atoms with Crippen LogP contribution < -0.4 is 22.1 Å². The van der Waals surface area contributed by atoms with E-state index in [0.717, 1.165) is 47.3 Å². The number of nitrogens with one attached hydrogen (secondary N) is 3. The number of allylic oxidation sites excluding steroid dienone is 3. The van der Waals surface area contributed by atoms with Crippen LogP contribution in [0.3, 0.4) is 0 Å². The first-order valence-electron chi connectivity index (χ1n) is 11.6. The molecule has 0 amide bonds. The van der Waals surface area contributed by atoms with Gasteiger partial charge in [-0.3, -0.25) is 4.98 Å². The van der Waals surface area contributed by atoms with Gasteiger partial charge in [-0.05, 0) is 80.9 Å². The molecule has 3 rings (SSSR count). The molecule has 0 spiro atoms. The number of pyridine rings is 2. The molecule has 0 aliphatic carbocycles. The van der Waals surface area contributed by atoms with Crippen molar-refractivity contribution >= 4 is 28.6 Å². The molecule has 1 fully saturated rings. The van der Waals surface area contributed by atoms with Crippen molar-refractivity contribution in [2.24, 2.45) is 17.4 Å². The minimum atomic E-state index is 0.270. The van der Waals surface area contributed by atoms with Crippen LogP contribution in [0.1, 0.15) is 38.7 Å². The number of hydrogen-bond donors (Lipinski definition) is 5. The Hall–Kier alpha value is -3.39. The molecule has 0 saturated carbocycles. The van der Waals surface area contributed by atoms with Crippen LogP contribution in [0.5, 0.6) is 0 Å². The van der Waals surface area contributed by atoms with Crippen molar-refractivity contribution in [3.8, 4) is 0 Å². The van der Waals surface area contributed by atoms with Crippen LogP contribution in [0, 0.1) is 11.3 Å². The van der Waals surface area contributed by atoms with Gasteiger partial charge in [0.25, 0.3) is 0 Å². The molecule has 0 unspecified atom stereocenters. The Kier molecular flexibility index (Phi) is 8.83. The van der Waals surface area contributed by atoms with E-state index in [0.29, 0.717) is 11.6 Å². The van der Waals surface area contributed by atoms with Crippen LogP contribution in [-0.4, -0.2) is 47.3 Å². The van der Waals surface area contributed by atoms with E-state index in [4.69, 9.17) is 16.9 Å². The summed E-state index contributed by atoms with van der Waals surface area (Å²) in [6.45, 7) is 8.55. The fourth-order valence-corrected chi connectivity index (χ4v) is 3.81. The number of hydrogen-bond acceptors (Lipinski definition) is 8. The highest BCUT2D eigenvalue weighted by atomic mass is 15.1. The molecule has 2 aromatic heterocycles. The third kappa shape index (κ3) is 7.05. The van der Waals surface area contributed by atoms with Gasteiger partial charge in [-0.15, -0.1) is 0 Å². The van der Waals surface area contributed by atoms with Crippen molar-refractivity contribution < 1.29 is 0 Å². The van der Waals surface area contributed by atoms with E-state index in [9.17, 15) is 0 Å². The molecule has 1 aliphatic heterocycles. The van der Waals surface area contributed by atoms with E-state index in [2.05, 4.69) is 39.3 Å². The van der Waals surface area contributed by atoms with E-state index in [1.807, 2.05) is 30.5 Å². The van der Waals surface area contributed by atoms with E-state index < -0.39 is 0 Å². The molecular formula is C25H36N8. The molecule has 3 heterocycles. The summed E-state index contributed by atoms with van der Waals surface area (Å²) in [5.74, 6) is 1.36. The third-order valence-corrected chi connectivity index (χ3v) is 5.73. The fraction of sp³-hybridized carbons (Fsp3) is 0.400. The highest BCUT2D eigenvalue weighted by Gasteiger charge is 2.10. The fourth-order valence-electron chi connectivity index (χ4n) is 3.81. The van der Waals surface area contributed by atoms with Gasteiger partial charge in [-0.2, -0.15) is 0 Å². The van der Waals surface area contributed by atoms with Crippen LogP contribution in [0.15, 0.2) is 54.3 Å². The Bertz CT molecular complexity index is 1030. The largest absolute Gasteiger partial charge is 0.404 e. The van der Waals surface area contributed by atoms with Crippen LogP contribution in [0.25, 0.3) is 16.6 Å². The Balaban J connectivity index is 1.67. The summed E-state index contributed by atoms with van der Waals surface area (Å²) in [6.07, 6.45) is 12.1. The van der Waals surface area contributed by atoms with E-state index in [1.54, 1.807) is 12.4 Å². The quantitative estimate of drug-likeness (QED) is 0.202. The number of nitrogens with zero attached hydrogens (tertiary/aromatic N) is 3. The number of fused-ring (bicyclic) bond motifs is 1. The summed E-state index contributed by atoms with van der Waals surface area (Å²) in [6, 6.07) is 5.68. The zero-order chi connectivity index (χ0) is 23.6. The number of nitrogens with two attached hydrogens (primary N) is 2. The first kappa shape index (κ1) is 24.3. The van der Waals surface area contributed by atoms with Gasteiger partial charge < -0.3 is 32.4 Å². The van der Waals surface area contributed by atoms with Gasteiger partial charge in [0.1, 0.15) is 11.6 Å². The smallest absolute Gasteiger partial charge is 0.132 e. The number of rotatable bonds is 11. The molecule has 2 aromatic rings. The normalized spacial score (nSPS) is 15.9. The van der Waals surface area contributed by atoms with Crippen molar-refractivity contribution in [2.75, 3.05) is 31.5 Å². The van der Waals surface area contributed by atoms with E-state index in [1.165, 1.54) is 32.1 Å². The summed E-state index contributed by atoms with van der Waals surface area (Å²) in [4.78, 5) is 11.7. The van der Waals surface area contributed by atoms with Crippen molar-refractivity contribution in [1.29, 1.82) is 5.41 Å². The Morgan fingerprint density at radius 1 is 1.24 bits per heavy atom. The standard InChI is InChI=1S/C25H36N8/c1-18(2)19(14-26)13-24(28)32-25-7-6-22-23(31-25)12-20(17-30-22)21(15-27)16-29-8-5-11-33-9-3-4-10-33/h6-7,12-18,27,29H,3-5,8-11,26,28H2,1-2H3,(H,31,32)/b19-14+,21-16+,24-13+,27-15?. The Morgan fingerprint density at radius 3 is 2.73 bits per heavy atom. The summed E-state index contributed by atoms with van der Waals surface area (Å²) >= 11 is 0. The molecule has 0 bridgehead atoms. The lowest BCUT2D eigenvalue weighted by Gasteiger charge is -2.14. The first-order valence-corrected chi connectivity index (χ1v) is 11.6. The van der Waals surface area contributed by atoms with Crippen molar-refractivity contribution in [3.63, 3.8) is 0 Å². The SMILES string of the molecule is CC(C)C(=C/N)/C=C(\N)Nc1ccc2ncc(/C(C=N)=C/NCCCN3CCCC3)cc2n1. The lowest BCUT2D eigenvalue weighted by molar-refractivity contribution is 0.333. The minimum absolute atomic E-state index is 0.270. The molecule has 0 atom stereocenters. The van der Waals surface area contributed by atoms with E-state index in [-0.39, 0.29) is 5.92 Å². The van der Waals surface area contributed by atoms with Gasteiger partial charge in [0.2, 0.25) is 0 Å². The number of aromatic nitrogens is 2. The monoisotopic (exact) mass is 448 g/mol. The number of likely N-dealkylation sites (tertiary alicyclic amines) is 1. The van der Waals surface area contributed by atoms with Crippen molar-refractivity contribution in [3.05, 3.63) is 59.8 Å². The molecule has 0 aromatic carbocycles. The highest BCUT2D eigenvalue weighted by Crippen LogP contribution is 2.19. The minimum Gasteiger partial charge on any atom is -0.404 e. The molecule has 8 heteroatoms. The van der Waals surface area contributed by atoms with Crippen LogP contribution in [0.4, 0.5) is 5.82 Å². The summed E-state index contributed by atoms with van der Waals surface area (Å²) in [5.41, 5.74) is 15.9. The summed E-state index contributed by atoms with van der Waals surface area (Å²) in [7, 11) is 0. The maximum atomic E-state index is 7.83. The van der Waals surface area contributed by atoms with Crippen LogP contribution >= 0.6 is 0 Å². The van der Waals surface area contributed by atoms with Crippen LogP contribution in [0.2, 0.25) is 0 Å². The first-order chi connectivity index (χ1) is 16.0. The molecule has 1 saturated heterocycles. The highest BCUT2D eigenvalue weighted by molar-refractivity contribution is 6.08. The maximum absolute atomic E-state index is 7.83. The second-order valence-electron chi connectivity index (χ2n) is 8.61. The third-order valence-electron chi connectivity index (χ3n) is 5.73. The lowest BCUT2D eigenvalue weighted by atomic mass is 10.0. The maximum Gasteiger partial charge on any atom is 0.132 e. The van der Waals surface area contributed by atoms with Gasteiger partial charge >= 0.3 is 0 Å². The second kappa shape index (κ2) is 12.0. The Labute approximate surface area is 196 Å². The zero-order valence-corrected chi connectivity index (χ0v) is 19.6. The zero-order valence-electron chi connectivity index (χ0n) is 19.6. The van der Waals surface area contributed by atoms with Gasteiger partial charge in [0.05, 0.1) is 11.0 Å². The molecule has 1 aliphatic rings. The van der Waals surface area contributed by atoms with Gasteiger partial charge in [0.15, 0.2) is 0 Å². The molecule has 7 N–H and O–H groups in total. The topological polar surface area (TPSA) is 129 Å². The average molecular weight is 449 g/mol. The second-order valence-corrected chi connectivity index (χ2v) is 8.61. The van der Waals surface area contributed by atoms with Gasteiger partial charge in [-0.25, -0.2) is 4.98 Å². The lowest BCUT2D eigenvalue weighted by Crippen LogP contribution is -2.23. The predicted molar refractivity (Wildman–Crippen MR) is 138 cm³/mol. The average Bonchev–Trinajstić information content (AvgIpc) is 3.33. The van der Waals surface area contributed by atoms with E-state index >= 15 is 0 Å². The molecule has 176 valence electrons. The molecule has 0 radical (unpaired) electrons. The van der Waals surface area contributed by atoms with Gasteiger partial charge in [-0.1, -0.05) is 13.8 Å². The summed E-state index contributed by atoms with van der Waals surface area (Å²) in [5, 5.41) is 14.3. The van der Waals surface area contributed by atoms with Crippen LogP contribution in [-0.2, 0) is 0 Å². The van der Waals surface area contributed by atoms with Crippen molar-refractivity contribution in [2.45, 2.75) is 33.1 Å². The molecular weight excluding hydrogens is 412 g/mol. The molecule has 8 nitrogen and oxygen atoms in total. The number of anilines is 1. The Morgan fingerprint density at radius 2 is 2.03 bits per heavy atom. The summed E-state index contributed by atoms with van der Waals surface area (Å²) < 4.78 is 0. The predicted octanol–water partition coefficient (Wildman–Crippen LogP) is 3.41. The van der Waals surface area contributed by atoms with Gasteiger partial charge in [0, 0.05) is 36.3 Å². The van der Waals surface area contributed by atoms with Crippen molar-refractivity contribution in [1.82, 2.24) is 20.2 Å². The molecule has 33 heavy (non-hydrogen) atoms.